The van der Waals surface area contributed by atoms with Crippen molar-refractivity contribution in [1.29, 1.82) is 0 Å². The maximum Gasteiger partial charge on any atom is 0.373 e. The van der Waals surface area contributed by atoms with Crippen LogP contribution >= 0.6 is 43.6 Å². The molecular weight excluding hydrogens is 638 g/mol. The third-order valence-corrected chi connectivity index (χ3v) is 7.84. The molecule has 7 nitrogen and oxygen atoms in total. The van der Waals surface area contributed by atoms with Crippen LogP contribution in [0.2, 0.25) is 0 Å². The van der Waals surface area contributed by atoms with Gasteiger partial charge in [0.05, 0.1) is 27.5 Å². The summed E-state index contributed by atoms with van der Waals surface area (Å²) >= 11 is 7.96. The van der Waals surface area contributed by atoms with Crippen molar-refractivity contribution in [3.8, 4) is 5.75 Å². The largest absolute Gasteiger partial charge is 0.487 e. The van der Waals surface area contributed by atoms with Crippen LogP contribution in [-0.4, -0.2) is 29.1 Å². The number of carbonyl (C=O) groups excluding carboxylic acids is 3. The van der Waals surface area contributed by atoms with Crippen LogP contribution in [0.5, 0.6) is 5.75 Å². The summed E-state index contributed by atoms with van der Waals surface area (Å²) < 4.78 is 17.5. The van der Waals surface area contributed by atoms with Crippen molar-refractivity contribution in [3.63, 3.8) is 0 Å². The summed E-state index contributed by atoms with van der Waals surface area (Å²) in [5.74, 6) is -0.149. The fraction of sp³-hybridized carbons (Fsp3) is 0.107. The molecule has 0 aliphatic carbocycles. The van der Waals surface area contributed by atoms with E-state index in [4.69, 9.17) is 9.15 Å². The van der Waals surface area contributed by atoms with Crippen molar-refractivity contribution in [3.05, 3.63) is 103 Å². The molecule has 0 unspecified atom stereocenters. The number of hydrogen-bond acceptors (Lipinski definition) is 7. The number of imide groups is 1. The molecule has 0 N–H and O–H groups in total. The van der Waals surface area contributed by atoms with Gasteiger partial charge < -0.3 is 13.9 Å². The number of thioether (sulfide) groups is 1. The number of carbonyl (C=O) groups is 3. The molecule has 0 saturated carbocycles. The minimum absolute atomic E-state index is 0.00244. The van der Waals surface area contributed by atoms with Gasteiger partial charge in [0.15, 0.2) is 0 Å². The highest BCUT2D eigenvalue weighted by Gasteiger charge is 2.36. The second kappa shape index (κ2) is 11.2. The van der Waals surface area contributed by atoms with Gasteiger partial charge in [-0.05, 0) is 102 Å². The number of fused-ring (bicyclic) bond motifs is 1. The molecule has 4 aromatic rings. The maximum absolute atomic E-state index is 12.9. The van der Waals surface area contributed by atoms with Gasteiger partial charge in [-0.15, -0.1) is 0 Å². The lowest BCUT2D eigenvalue weighted by Gasteiger charge is -2.12. The summed E-state index contributed by atoms with van der Waals surface area (Å²) in [5, 5.41) is 1.89. The first kappa shape index (κ1) is 26.3. The van der Waals surface area contributed by atoms with Crippen LogP contribution in [0.25, 0.3) is 16.8 Å². The lowest BCUT2D eigenvalue weighted by atomic mass is 10.1. The fourth-order valence-electron chi connectivity index (χ4n) is 3.90. The average Bonchev–Trinajstić information content (AvgIpc) is 3.48. The van der Waals surface area contributed by atoms with Crippen molar-refractivity contribution >= 4 is 77.6 Å². The zero-order valence-corrected chi connectivity index (χ0v) is 23.9. The minimum atomic E-state index is -0.633. The number of amides is 2. The molecule has 5 rings (SSSR count). The van der Waals surface area contributed by atoms with Gasteiger partial charge in [0.2, 0.25) is 5.76 Å². The lowest BCUT2D eigenvalue weighted by molar-refractivity contribution is -0.123. The first-order valence-corrected chi connectivity index (χ1v) is 13.7. The lowest BCUT2D eigenvalue weighted by Crippen LogP contribution is -2.27. The number of ether oxygens (including phenoxy) is 2. The Kier molecular flexibility index (Phi) is 7.73. The molecule has 0 bridgehead atoms. The molecule has 0 radical (unpaired) electrons. The Labute approximate surface area is 239 Å². The number of benzene rings is 3. The monoisotopic (exact) mass is 655 g/mol. The second-order valence-corrected chi connectivity index (χ2v) is 11.0. The van der Waals surface area contributed by atoms with E-state index in [1.54, 1.807) is 6.08 Å². The number of furan rings is 1. The number of hydrogen-bond donors (Lipinski definition) is 0. The number of methoxy groups -OCH3 is 1. The van der Waals surface area contributed by atoms with Crippen LogP contribution in [0.15, 0.2) is 85.0 Å². The summed E-state index contributed by atoms with van der Waals surface area (Å²) in [6.07, 6.45) is 1.65. The number of rotatable bonds is 7. The van der Waals surface area contributed by atoms with Gasteiger partial charge in [-0.3, -0.25) is 14.5 Å². The smallest absolute Gasteiger partial charge is 0.373 e. The summed E-state index contributed by atoms with van der Waals surface area (Å²) in [5.41, 5.74) is 1.74. The van der Waals surface area contributed by atoms with Gasteiger partial charge in [-0.2, -0.15) is 0 Å². The summed E-state index contributed by atoms with van der Waals surface area (Å²) in [7, 11) is 1.24. The molecule has 1 aromatic heterocycles. The Hall–Kier alpha value is -3.34. The Bertz CT molecular complexity index is 1590. The van der Waals surface area contributed by atoms with Crippen molar-refractivity contribution < 1.29 is 28.3 Å². The Morgan fingerprint density at radius 3 is 2.47 bits per heavy atom. The zero-order valence-electron chi connectivity index (χ0n) is 19.9. The Morgan fingerprint density at radius 2 is 1.74 bits per heavy atom. The van der Waals surface area contributed by atoms with Crippen molar-refractivity contribution in [2.75, 3.05) is 7.11 Å². The van der Waals surface area contributed by atoms with E-state index in [9.17, 15) is 14.4 Å². The van der Waals surface area contributed by atoms with E-state index >= 15 is 0 Å². The minimum Gasteiger partial charge on any atom is -0.487 e. The van der Waals surface area contributed by atoms with E-state index in [-0.39, 0.29) is 17.2 Å². The highest BCUT2D eigenvalue weighted by Crippen LogP contribution is 2.38. The third kappa shape index (κ3) is 5.57. The fourth-order valence-corrected chi connectivity index (χ4v) is 6.19. The van der Waals surface area contributed by atoms with E-state index in [0.29, 0.717) is 32.6 Å². The van der Waals surface area contributed by atoms with Crippen molar-refractivity contribution in [1.82, 2.24) is 4.90 Å². The molecule has 1 saturated heterocycles. The molecule has 1 aliphatic rings. The predicted molar refractivity (Wildman–Crippen MR) is 152 cm³/mol. The van der Waals surface area contributed by atoms with Crippen LogP contribution in [0, 0.1) is 0 Å². The van der Waals surface area contributed by atoms with Crippen LogP contribution in [0.3, 0.4) is 0 Å². The highest BCUT2D eigenvalue weighted by molar-refractivity contribution is 9.11. The molecule has 1 fully saturated rings. The molecule has 2 heterocycles. The SMILES string of the molecule is COC(=O)c1ccc(CN2C(=O)S/C(=C/c3cc(Br)c(OCc4ccc5ccccc5c4)c(Br)c3)C2=O)o1. The predicted octanol–water partition coefficient (Wildman–Crippen LogP) is 7.56. The summed E-state index contributed by atoms with van der Waals surface area (Å²) in [4.78, 5) is 38.4. The molecule has 1 aliphatic heterocycles. The highest BCUT2D eigenvalue weighted by atomic mass is 79.9. The van der Waals surface area contributed by atoms with Crippen LogP contribution in [0.1, 0.15) is 27.4 Å². The molecule has 0 atom stereocenters. The number of halogens is 2. The Morgan fingerprint density at radius 1 is 1.00 bits per heavy atom. The Balaban J connectivity index is 1.29. The number of esters is 1. The van der Waals surface area contributed by atoms with E-state index in [1.165, 1.54) is 24.6 Å². The normalized spacial score (nSPS) is 14.5. The van der Waals surface area contributed by atoms with Gasteiger partial charge in [0, 0.05) is 0 Å². The van der Waals surface area contributed by atoms with Crippen molar-refractivity contribution in [2.24, 2.45) is 0 Å². The van der Waals surface area contributed by atoms with E-state index < -0.39 is 17.1 Å². The second-order valence-electron chi connectivity index (χ2n) is 8.31. The molecular formula is C28H19Br2NO6S. The topological polar surface area (TPSA) is 86.0 Å². The van der Waals surface area contributed by atoms with Crippen LogP contribution < -0.4 is 4.74 Å². The first-order chi connectivity index (χ1) is 18.3. The van der Waals surface area contributed by atoms with E-state index in [1.807, 2.05) is 30.3 Å². The van der Waals surface area contributed by atoms with Gasteiger partial charge in [0.25, 0.3) is 11.1 Å². The number of nitrogens with zero attached hydrogens (tertiary/aromatic N) is 1. The molecule has 38 heavy (non-hydrogen) atoms. The molecule has 3 aromatic carbocycles. The molecule has 2 amide bonds. The van der Waals surface area contributed by atoms with Crippen LogP contribution in [-0.2, 0) is 22.7 Å². The van der Waals surface area contributed by atoms with Gasteiger partial charge >= 0.3 is 5.97 Å². The molecule has 0 spiro atoms. The van der Waals surface area contributed by atoms with E-state index in [2.05, 4.69) is 60.9 Å². The average molecular weight is 657 g/mol. The van der Waals surface area contributed by atoms with Gasteiger partial charge in [-0.25, -0.2) is 4.79 Å². The van der Waals surface area contributed by atoms with Crippen LogP contribution in [0.4, 0.5) is 4.79 Å². The standard InChI is InChI=1S/C28H19Br2NO6S/c1-35-27(33)23-9-8-20(37-23)14-31-26(32)24(38-28(31)34)13-17-11-21(29)25(22(30)12-17)36-15-16-6-7-18-4-2-3-5-19(18)10-16/h2-13H,14-15H2,1H3/b24-13+. The summed E-state index contributed by atoms with van der Waals surface area (Å²) in [6, 6.07) is 21.0. The van der Waals surface area contributed by atoms with Gasteiger partial charge in [-0.1, -0.05) is 36.4 Å². The van der Waals surface area contributed by atoms with Gasteiger partial charge in [0.1, 0.15) is 18.1 Å². The first-order valence-electron chi connectivity index (χ1n) is 11.3. The zero-order chi connectivity index (χ0) is 26.8. The molecule has 10 heteroatoms. The third-order valence-electron chi connectivity index (χ3n) is 5.75. The van der Waals surface area contributed by atoms with Crippen molar-refractivity contribution in [2.45, 2.75) is 13.2 Å². The maximum atomic E-state index is 12.9. The van der Waals surface area contributed by atoms with E-state index in [0.717, 1.165) is 27.6 Å². The molecule has 192 valence electrons. The quantitative estimate of drug-likeness (QED) is 0.150. The summed E-state index contributed by atoms with van der Waals surface area (Å²) in [6.45, 7) is 0.290.